The van der Waals surface area contributed by atoms with E-state index < -0.39 is 0 Å². The van der Waals surface area contributed by atoms with Gasteiger partial charge in [-0.05, 0) is 39.7 Å². The number of hydrogen-bond acceptors (Lipinski definition) is 3. The van der Waals surface area contributed by atoms with Crippen LogP contribution in [0.15, 0.2) is 0 Å². The maximum atomic E-state index is 11.6. The van der Waals surface area contributed by atoms with Crippen LogP contribution >= 0.6 is 0 Å². The van der Waals surface area contributed by atoms with Crippen molar-refractivity contribution < 1.29 is 9.53 Å². The average Bonchev–Trinajstić information content (AvgIpc) is 2.30. The molecule has 2 unspecified atom stereocenters. The van der Waals surface area contributed by atoms with Crippen molar-refractivity contribution in [3.8, 4) is 0 Å². The normalized spacial score (nSPS) is 28.9. The van der Waals surface area contributed by atoms with Gasteiger partial charge in [-0.15, -0.1) is 0 Å². The van der Waals surface area contributed by atoms with Crippen LogP contribution < -0.4 is 5.32 Å². The Morgan fingerprint density at radius 3 is 2.46 bits per heavy atom. The molecule has 13 heavy (non-hydrogen) atoms. The predicted octanol–water partition coefficient (Wildman–Crippen LogP) is 1.33. The van der Waals surface area contributed by atoms with E-state index >= 15 is 0 Å². The summed E-state index contributed by atoms with van der Waals surface area (Å²) in [6.07, 6.45) is 1.06. The van der Waals surface area contributed by atoms with E-state index in [9.17, 15) is 4.79 Å². The SMILES string of the molecule is CC1CCNC1C(=O)OC(C)(C)C. The van der Waals surface area contributed by atoms with Crippen molar-refractivity contribution in [2.24, 2.45) is 5.92 Å². The Morgan fingerprint density at radius 1 is 1.46 bits per heavy atom. The summed E-state index contributed by atoms with van der Waals surface area (Å²) in [6, 6.07) is -0.0979. The first-order valence-corrected chi connectivity index (χ1v) is 4.86. The third-order valence-corrected chi connectivity index (χ3v) is 2.19. The number of carbonyl (C=O) groups is 1. The van der Waals surface area contributed by atoms with Crippen LogP contribution in [0, 0.1) is 5.92 Å². The van der Waals surface area contributed by atoms with Crippen molar-refractivity contribution in [2.75, 3.05) is 6.54 Å². The van der Waals surface area contributed by atoms with E-state index in [0.29, 0.717) is 5.92 Å². The molecule has 0 aromatic carbocycles. The van der Waals surface area contributed by atoms with E-state index in [0.717, 1.165) is 13.0 Å². The number of esters is 1. The van der Waals surface area contributed by atoms with Gasteiger partial charge in [-0.2, -0.15) is 0 Å². The molecule has 0 bridgehead atoms. The summed E-state index contributed by atoms with van der Waals surface area (Å²) in [4.78, 5) is 11.6. The molecule has 2 atom stereocenters. The molecule has 1 aliphatic heterocycles. The second-order valence-corrected chi connectivity index (χ2v) is 4.73. The lowest BCUT2D eigenvalue weighted by atomic mass is 10.0. The molecule has 3 heteroatoms. The van der Waals surface area contributed by atoms with Crippen LogP contribution in [0.5, 0.6) is 0 Å². The quantitative estimate of drug-likeness (QED) is 0.626. The topological polar surface area (TPSA) is 38.3 Å². The zero-order chi connectivity index (χ0) is 10.1. The van der Waals surface area contributed by atoms with Crippen LogP contribution in [0.25, 0.3) is 0 Å². The lowest BCUT2D eigenvalue weighted by molar-refractivity contribution is -0.158. The van der Waals surface area contributed by atoms with Gasteiger partial charge in [0, 0.05) is 0 Å². The zero-order valence-electron chi connectivity index (χ0n) is 8.89. The molecule has 0 amide bonds. The summed E-state index contributed by atoms with van der Waals surface area (Å²) in [6.45, 7) is 8.68. The Bertz CT molecular complexity index is 196. The van der Waals surface area contributed by atoms with Gasteiger partial charge in [-0.25, -0.2) is 0 Å². The minimum Gasteiger partial charge on any atom is -0.459 e. The maximum absolute atomic E-state index is 11.6. The summed E-state index contributed by atoms with van der Waals surface area (Å²) in [5.41, 5.74) is -0.374. The van der Waals surface area contributed by atoms with Gasteiger partial charge in [0.15, 0.2) is 0 Å². The van der Waals surface area contributed by atoms with Crippen LogP contribution in [-0.4, -0.2) is 24.2 Å². The minimum atomic E-state index is -0.374. The molecule has 76 valence electrons. The fraction of sp³-hybridized carbons (Fsp3) is 0.900. The van der Waals surface area contributed by atoms with Crippen molar-refractivity contribution in [2.45, 2.75) is 45.8 Å². The number of nitrogens with one attached hydrogen (secondary N) is 1. The van der Waals surface area contributed by atoms with E-state index in [-0.39, 0.29) is 17.6 Å². The Morgan fingerprint density at radius 2 is 2.08 bits per heavy atom. The summed E-state index contributed by atoms with van der Waals surface area (Å²) in [5, 5.41) is 3.15. The van der Waals surface area contributed by atoms with Gasteiger partial charge in [0.25, 0.3) is 0 Å². The molecular weight excluding hydrogens is 166 g/mol. The zero-order valence-corrected chi connectivity index (χ0v) is 8.89. The fourth-order valence-electron chi connectivity index (χ4n) is 1.52. The standard InChI is InChI=1S/C10H19NO2/c1-7-5-6-11-8(7)9(12)13-10(2,3)4/h7-8,11H,5-6H2,1-4H3. The van der Waals surface area contributed by atoms with Crippen molar-refractivity contribution in [3.05, 3.63) is 0 Å². The Hall–Kier alpha value is -0.570. The summed E-state index contributed by atoms with van der Waals surface area (Å²) < 4.78 is 5.29. The molecule has 0 aromatic rings. The smallest absolute Gasteiger partial charge is 0.323 e. The van der Waals surface area contributed by atoms with Crippen LogP contribution in [0.1, 0.15) is 34.1 Å². The Kier molecular flexibility index (Phi) is 2.96. The van der Waals surface area contributed by atoms with Crippen molar-refractivity contribution in [1.82, 2.24) is 5.32 Å². The van der Waals surface area contributed by atoms with Gasteiger partial charge in [0.2, 0.25) is 0 Å². The highest BCUT2D eigenvalue weighted by atomic mass is 16.6. The molecule has 1 aliphatic rings. The molecule has 1 fully saturated rings. The van der Waals surface area contributed by atoms with Gasteiger partial charge in [0.1, 0.15) is 11.6 Å². The molecule has 3 nitrogen and oxygen atoms in total. The third kappa shape index (κ3) is 2.99. The molecule has 1 N–H and O–H groups in total. The summed E-state index contributed by atoms with van der Waals surface area (Å²) in [7, 11) is 0. The van der Waals surface area contributed by atoms with E-state index in [1.54, 1.807) is 0 Å². The molecule has 1 heterocycles. The van der Waals surface area contributed by atoms with Gasteiger partial charge in [-0.1, -0.05) is 6.92 Å². The molecule has 0 spiro atoms. The van der Waals surface area contributed by atoms with E-state index in [4.69, 9.17) is 4.74 Å². The largest absolute Gasteiger partial charge is 0.459 e. The molecule has 1 saturated heterocycles. The van der Waals surface area contributed by atoms with Crippen LogP contribution in [0.2, 0.25) is 0 Å². The number of ether oxygens (including phenoxy) is 1. The number of rotatable bonds is 1. The van der Waals surface area contributed by atoms with Crippen molar-refractivity contribution >= 4 is 5.97 Å². The first-order valence-electron chi connectivity index (χ1n) is 4.86. The van der Waals surface area contributed by atoms with E-state index in [2.05, 4.69) is 12.2 Å². The minimum absolute atomic E-state index is 0.0979. The molecule has 1 rings (SSSR count). The lowest BCUT2D eigenvalue weighted by Crippen LogP contribution is -2.40. The van der Waals surface area contributed by atoms with Gasteiger partial charge >= 0.3 is 5.97 Å². The fourth-order valence-corrected chi connectivity index (χ4v) is 1.52. The molecule has 0 radical (unpaired) electrons. The Balaban J connectivity index is 2.48. The molecule has 0 aromatic heterocycles. The van der Waals surface area contributed by atoms with Crippen molar-refractivity contribution in [1.29, 1.82) is 0 Å². The first-order chi connectivity index (χ1) is 5.90. The number of carbonyl (C=O) groups excluding carboxylic acids is 1. The highest BCUT2D eigenvalue weighted by Crippen LogP contribution is 2.18. The molecule has 0 aliphatic carbocycles. The third-order valence-electron chi connectivity index (χ3n) is 2.19. The lowest BCUT2D eigenvalue weighted by Gasteiger charge is -2.23. The molecule has 0 saturated carbocycles. The highest BCUT2D eigenvalue weighted by molar-refractivity contribution is 5.76. The van der Waals surface area contributed by atoms with Crippen molar-refractivity contribution in [3.63, 3.8) is 0 Å². The van der Waals surface area contributed by atoms with Gasteiger partial charge < -0.3 is 10.1 Å². The number of hydrogen-bond donors (Lipinski definition) is 1. The van der Waals surface area contributed by atoms with Gasteiger partial charge in [0.05, 0.1) is 0 Å². The second-order valence-electron chi connectivity index (χ2n) is 4.73. The average molecular weight is 185 g/mol. The first kappa shape index (κ1) is 10.5. The Labute approximate surface area is 79.8 Å². The highest BCUT2D eigenvalue weighted by Gasteiger charge is 2.32. The monoisotopic (exact) mass is 185 g/mol. The van der Waals surface area contributed by atoms with Crippen LogP contribution in [-0.2, 0) is 9.53 Å². The predicted molar refractivity (Wildman–Crippen MR) is 51.4 cm³/mol. The van der Waals surface area contributed by atoms with Crippen LogP contribution in [0.3, 0.4) is 0 Å². The van der Waals surface area contributed by atoms with E-state index in [1.807, 2.05) is 20.8 Å². The summed E-state index contributed by atoms with van der Waals surface area (Å²) >= 11 is 0. The maximum Gasteiger partial charge on any atom is 0.323 e. The summed E-state index contributed by atoms with van der Waals surface area (Å²) in [5.74, 6) is 0.285. The van der Waals surface area contributed by atoms with Gasteiger partial charge in [-0.3, -0.25) is 4.79 Å². The second kappa shape index (κ2) is 3.66. The van der Waals surface area contributed by atoms with Crippen LogP contribution in [0.4, 0.5) is 0 Å². The van der Waals surface area contributed by atoms with E-state index in [1.165, 1.54) is 0 Å². The molecular formula is C10H19NO2.